The van der Waals surface area contributed by atoms with E-state index < -0.39 is 0 Å². The third-order valence-corrected chi connectivity index (χ3v) is 4.82. The molecular weight excluding hydrogens is 238 g/mol. The third-order valence-electron chi connectivity index (χ3n) is 3.61. The number of benzene rings is 1. The summed E-state index contributed by atoms with van der Waals surface area (Å²) in [6.45, 7) is 7.07. The smallest absolute Gasteiger partial charge is 0.0144 e. The van der Waals surface area contributed by atoms with Gasteiger partial charge in [-0.1, -0.05) is 31.2 Å². The van der Waals surface area contributed by atoms with Gasteiger partial charge in [-0.15, -0.1) is 18.3 Å². The lowest BCUT2D eigenvalue weighted by molar-refractivity contribution is 0.429. The van der Waals surface area contributed by atoms with Gasteiger partial charge < -0.3 is 5.32 Å². The molecule has 2 heteroatoms. The zero-order chi connectivity index (χ0) is 12.8. The zero-order valence-electron chi connectivity index (χ0n) is 11.2. The fraction of sp³-hybridized carbons (Fsp3) is 0.500. The van der Waals surface area contributed by atoms with Crippen molar-refractivity contribution in [3.63, 3.8) is 0 Å². The molecule has 0 amide bonds. The van der Waals surface area contributed by atoms with Crippen molar-refractivity contribution in [1.82, 2.24) is 5.32 Å². The van der Waals surface area contributed by atoms with Gasteiger partial charge in [0.05, 0.1) is 0 Å². The van der Waals surface area contributed by atoms with E-state index in [0.717, 1.165) is 13.0 Å². The van der Waals surface area contributed by atoms with Crippen LogP contribution in [-0.2, 0) is 0 Å². The van der Waals surface area contributed by atoms with Crippen molar-refractivity contribution in [2.75, 3.05) is 12.3 Å². The van der Waals surface area contributed by atoms with Crippen LogP contribution in [0, 0.1) is 0 Å². The van der Waals surface area contributed by atoms with Crippen LogP contribution in [0.3, 0.4) is 0 Å². The molecule has 0 radical (unpaired) electrons. The summed E-state index contributed by atoms with van der Waals surface area (Å²) in [5.41, 5.74) is 1.55. The Labute approximate surface area is 115 Å². The lowest BCUT2D eigenvalue weighted by Crippen LogP contribution is -2.35. The van der Waals surface area contributed by atoms with Crippen molar-refractivity contribution in [1.29, 1.82) is 0 Å². The number of unbranched alkanes of at least 4 members (excludes halogenated alkanes) is 1. The Morgan fingerprint density at radius 2 is 2.33 bits per heavy atom. The quantitative estimate of drug-likeness (QED) is 0.583. The largest absolute Gasteiger partial charge is 0.314 e. The van der Waals surface area contributed by atoms with Gasteiger partial charge in [0.25, 0.3) is 0 Å². The number of allylic oxidation sites excluding steroid dienone is 1. The normalized spacial score (nSPS) is 19.5. The van der Waals surface area contributed by atoms with Crippen LogP contribution in [0.2, 0.25) is 0 Å². The molecule has 1 aromatic carbocycles. The lowest BCUT2D eigenvalue weighted by Gasteiger charge is -2.24. The topological polar surface area (TPSA) is 12.0 Å². The second-order valence-electron chi connectivity index (χ2n) is 4.84. The number of fused-ring (bicyclic) bond motifs is 1. The molecule has 1 N–H and O–H groups in total. The van der Waals surface area contributed by atoms with Crippen LogP contribution in [0.1, 0.15) is 37.7 Å². The van der Waals surface area contributed by atoms with E-state index in [1.54, 1.807) is 5.56 Å². The van der Waals surface area contributed by atoms with Gasteiger partial charge in [0, 0.05) is 22.6 Å². The number of hydrogen-bond acceptors (Lipinski definition) is 2. The van der Waals surface area contributed by atoms with Crippen molar-refractivity contribution in [2.24, 2.45) is 0 Å². The lowest BCUT2D eigenvalue weighted by atomic mass is 9.90. The van der Waals surface area contributed by atoms with E-state index in [2.05, 4.69) is 43.1 Å². The molecule has 2 atom stereocenters. The molecule has 98 valence electrons. The van der Waals surface area contributed by atoms with Gasteiger partial charge in [0.1, 0.15) is 0 Å². The molecule has 1 heterocycles. The van der Waals surface area contributed by atoms with Gasteiger partial charge in [-0.25, -0.2) is 0 Å². The summed E-state index contributed by atoms with van der Waals surface area (Å²) in [4.78, 5) is 1.48. The van der Waals surface area contributed by atoms with Crippen LogP contribution in [-0.4, -0.2) is 18.3 Å². The van der Waals surface area contributed by atoms with Crippen LogP contribution in [0.15, 0.2) is 41.8 Å². The highest BCUT2D eigenvalue weighted by Crippen LogP contribution is 2.41. The molecule has 1 aliphatic heterocycles. The fourth-order valence-corrected chi connectivity index (χ4v) is 4.04. The molecule has 18 heavy (non-hydrogen) atoms. The Morgan fingerprint density at radius 3 is 3.11 bits per heavy atom. The molecule has 0 saturated heterocycles. The first-order valence-corrected chi connectivity index (χ1v) is 7.91. The first-order valence-electron chi connectivity index (χ1n) is 6.92. The molecule has 0 bridgehead atoms. The molecule has 0 aromatic heterocycles. The molecular formula is C16H23NS. The van der Waals surface area contributed by atoms with E-state index in [1.807, 2.05) is 17.8 Å². The van der Waals surface area contributed by atoms with Crippen molar-refractivity contribution in [2.45, 2.75) is 43.0 Å². The monoisotopic (exact) mass is 261 g/mol. The Hall–Kier alpha value is -0.730. The highest BCUT2D eigenvalue weighted by molar-refractivity contribution is 7.99. The van der Waals surface area contributed by atoms with Crippen molar-refractivity contribution < 1.29 is 0 Å². The maximum absolute atomic E-state index is 3.81. The Bertz CT molecular complexity index is 388. The minimum atomic E-state index is 0.617. The maximum atomic E-state index is 3.81. The molecule has 0 saturated carbocycles. The highest BCUT2D eigenvalue weighted by Gasteiger charge is 2.29. The van der Waals surface area contributed by atoms with E-state index in [4.69, 9.17) is 0 Å². The fourth-order valence-electron chi connectivity index (χ4n) is 2.71. The minimum Gasteiger partial charge on any atom is -0.314 e. The van der Waals surface area contributed by atoms with E-state index in [9.17, 15) is 0 Å². The average molecular weight is 261 g/mol. The van der Waals surface area contributed by atoms with Crippen LogP contribution >= 0.6 is 11.8 Å². The second kappa shape index (κ2) is 7.01. The molecule has 0 fully saturated rings. The van der Waals surface area contributed by atoms with Gasteiger partial charge in [-0.05, 0) is 37.4 Å². The number of thioether (sulfide) groups is 1. The standard InChI is InChI=1S/C16H23NS/c1-3-5-6-10-15(17-4-2)14-12-18-16-11-8-7-9-13(14)16/h3,7-9,11,14-15,17H,1,4-6,10,12H2,2H3. The predicted molar refractivity (Wildman–Crippen MR) is 81.4 cm³/mol. The maximum Gasteiger partial charge on any atom is 0.0144 e. The molecule has 2 rings (SSSR count). The minimum absolute atomic E-state index is 0.617. The predicted octanol–water partition coefficient (Wildman–Crippen LogP) is 4.21. The van der Waals surface area contributed by atoms with E-state index >= 15 is 0 Å². The molecule has 1 aromatic rings. The van der Waals surface area contributed by atoms with Crippen LogP contribution < -0.4 is 5.32 Å². The Balaban J connectivity index is 2.05. The summed E-state index contributed by atoms with van der Waals surface area (Å²) in [6, 6.07) is 9.49. The second-order valence-corrected chi connectivity index (χ2v) is 5.90. The van der Waals surface area contributed by atoms with Crippen molar-refractivity contribution in [3.05, 3.63) is 42.5 Å². The summed E-state index contributed by atoms with van der Waals surface area (Å²) < 4.78 is 0. The Morgan fingerprint density at radius 1 is 1.50 bits per heavy atom. The summed E-state index contributed by atoms with van der Waals surface area (Å²) >= 11 is 2.01. The van der Waals surface area contributed by atoms with Gasteiger partial charge in [-0.2, -0.15) is 0 Å². The SMILES string of the molecule is C=CCCCC(NCC)C1CSc2ccccc21. The van der Waals surface area contributed by atoms with Gasteiger partial charge in [0.15, 0.2) is 0 Å². The molecule has 2 unspecified atom stereocenters. The van der Waals surface area contributed by atoms with Crippen LogP contribution in [0.25, 0.3) is 0 Å². The van der Waals surface area contributed by atoms with E-state index in [1.165, 1.54) is 23.5 Å². The average Bonchev–Trinajstić information content (AvgIpc) is 2.82. The third kappa shape index (κ3) is 3.18. The van der Waals surface area contributed by atoms with Gasteiger partial charge in [-0.3, -0.25) is 0 Å². The first kappa shape index (κ1) is 13.7. The van der Waals surface area contributed by atoms with Gasteiger partial charge in [0.2, 0.25) is 0 Å². The Kier molecular flexibility index (Phi) is 5.33. The molecule has 0 spiro atoms. The molecule has 0 aliphatic carbocycles. The molecule has 1 aliphatic rings. The number of hydrogen-bond donors (Lipinski definition) is 1. The first-order chi connectivity index (χ1) is 8.86. The summed E-state index contributed by atoms with van der Waals surface area (Å²) in [7, 11) is 0. The van der Waals surface area contributed by atoms with Crippen LogP contribution in [0.5, 0.6) is 0 Å². The number of likely N-dealkylation sites (N-methyl/N-ethyl adjacent to an activating group) is 1. The zero-order valence-corrected chi connectivity index (χ0v) is 12.0. The van der Waals surface area contributed by atoms with E-state index in [0.29, 0.717) is 12.0 Å². The highest BCUT2D eigenvalue weighted by atomic mass is 32.2. The summed E-state index contributed by atoms with van der Waals surface area (Å²) in [5.74, 6) is 1.90. The summed E-state index contributed by atoms with van der Waals surface area (Å²) in [5, 5.41) is 3.68. The number of nitrogens with one attached hydrogen (secondary N) is 1. The molecule has 1 nitrogen and oxygen atoms in total. The van der Waals surface area contributed by atoms with Crippen molar-refractivity contribution >= 4 is 11.8 Å². The summed E-state index contributed by atoms with van der Waals surface area (Å²) in [6.07, 6.45) is 5.65. The van der Waals surface area contributed by atoms with Gasteiger partial charge >= 0.3 is 0 Å². The van der Waals surface area contributed by atoms with Crippen LogP contribution in [0.4, 0.5) is 0 Å². The van der Waals surface area contributed by atoms with E-state index in [-0.39, 0.29) is 0 Å². The van der Waals surface area contributed by atoms with Crippen molar-refractivity contribution in [3.8, 4) is 0 Å². The number of rotatable bonds is 7.